The Morgan fingerprint density at radius 3 is 1.27 bits per heavy atom. The summed E-state index contributed by atoms with van der Waals surface area (Å²) < 4.78 is 152. The second kappa shape index (κ2) is 8.31. The Morgan fingerprint density at radius 1 is 0.667 bits per heavy atom. The van der Waals surface area contributed by atoms with Crippen LogP contribution < -0.4 is 10.4 Å². The molecule has 2 aromatic carbocycles. The highest BCUT2D eigenvalue weighted by Gasteiger charge is 2.62. The Kier molecular flexibility index (Phi) is 6.84. The zero-order valence-corrected chi connectivity index (χ0v) is 19.0. The molecule has 0 atom stereocenters. The number of hydrogen-bond acceptors (Lipinski definition) is 3. The second-order valence-corrected chi connectivity index (χ2v) is 14.0. The Hall–Kier alpha value is -2.06. The maximum atomic E-state index is 13.9. The van der Waals surface area contributed by atoms with Gasteiger partial charge < -0.3 is 0 Å². The van der Waals surface area contributed by atoms with Crippen LogP contribution in [0, 0.1) is 0 Å². The molecule has 0 aromatic heterocycles. The first-order valence-electron chi connectivity index (χ1n) is 9.01. The molecule has 0 heterocycles. The normalized spacial score (nSPS) is 14.4. The van der Waals surface area contributed by atoms with Gasteiger partial charge in [0.05, 0.1) is 11.1 Å². The van der Waals surface area contributed by atoms with Crippen LogP contribution in [-0.2, 0) is 26.3 Å². The molecule has 0 bridgehead atoms. The van der Waals surface area contributed by atoms with Crippen molar-refractivity contribution in [2.75, 3.05) is 0 Å². The molecule has 3 nitrogen and oxygen atoms in total. The predicted molar refractivity (Wildman–Crippen MR) is 104 cm³/mol. The zero-order valence-electron chi connectivity index (χ0n) is 17.2. The number of halogens is 9. The van der Waals surface area contributed by atoms with E-state index in [1.807, 2.05) is 0 Å². The Bertz CT molecular complexity index is 1060. The van der Waals surface area contributed by atoms with Crippen LogP contribution in [0.15, 0.2) is 48.5 Å². The maximum Gasteiger partial charge on any atom is 0.522 e. The van der Waals surface area contributed by atoms with Crippen LogP contribution in [0.3, 0.4) is 0 Å². The van der Waals surface area contributed by atoms with Crippen LogP contribution in [0.1, 0.15) is 31.9 Å². The smallest absolute Gasteiger partial charge is 0.296 e. The van der Waals surface area contributed by atoms with E-state index in [2.05, 4.69) is 3.87 Å². The summed E-state index contributed by atoms with van der Waals surface area (Å²) in [7, 11) is -12.2. The molecule has 184 valence electrons. The van der Waals surface area contributed by atoms with E-state index in [4.69, 9.17) is 0 Å². The van der Waals surface area contributed by atoms with E-state index < -0.39 is 62.8 Å². The van der Waals surface area contributed by atoms with E-state index >= 15 is 0 Å². The van der Waals surface area contributed by atoms with Gasteiger partial charge in [0.25, 0.3) is 8.32 Å². The first-order chi connectivity index (χ1) is 14.7. The lowest BCUT2D eigenvalue weighted by molar-refractivity contribution is -0.137. The third-order valence-electron chi connectivity index (χ3n) is 4.80. The molecule has 0 radical (unpaired) electrons. The topological polar surface area (TPSA) is 43.4 Å². The van der Waals surface area contributed by atoms with Crippen LogP contribution in [0.2, 0.25) is 5.04 Å². The summed E-state index contributed by atoms with van der Waals surface area (Å²) in [6.45, 7) is 3.10. The third kappa shape index (κ3) is 5.06. The largest absolute Gasteiger partial charge is 0.522 e. The van der Waals surface area contributed by atoms with Gasteiger partial charge in [0.15, 0.2) is 0 Å². The lowest BCUT2D eigenvalue weighted by atomic mass is 10.2. The van der Waals surface area contributed by atoms with Crippen molar-refractivity contribution in [2.45, 2.75) is 43.7 Å². The molecule has 2 rings (SSSR count). The molecule has 2 aromatic rings. The molecule has 0 N–H and O–H groups in total. The highest BCUT2D eigenvalue weighted by molar-refractivity contribution is 7.88. The molecule has 0 aliphatic heterocycles. The van der Waals surface area contributed by atoms with Crippen molar-refractivity contribution in [1.29, 1.82) is 0 Å². The lowest BCUT2D eigenvalue weighted by Crippen LogP contribution is -2.70. The fraction of sp³-hybridized carbons (Fsp3) is 0.368. The van der Waals surface area contributed by atoms with Crippen LogP contribution >= 0.6 is 0 Å². The first-order valence-corrected chi connectivity index (χ1v) is 12.3. The van der Waals surface area contributed by atoms with Gasteiger partial charge in [-0.1, -0.05) is 69.3 Å². The predicted octanol–water partition coefficient (Wildman–Crippen LogP) is 5.45. The van der Waals surface area contributed by atoms with E-state index in [9.17, 15) is 47.9 Å². The molecule has 0 fully saturated rings. The molecule has 0 aliphatic carbocycles. The van der Waals surface area contributed by atoms with Crippen molar-refractivity contribution in [3.63, 3.8) is 0 Å². The summed E-state index contributed by atoms with van der Waals surface area (Å²) in [5, 5.41) is -4.13. The van der Waals surface area contributed by atoms with E-state index in [0.717, 1.165) is 45.0 Å². The van der Waals surface area contributed by atoms with Gasteiger partial charge in [-0.05, 0) is 15.4 Å². The average molecular weight is 524 g/mol. The average Bonchev–Trinajstić information content (AvgIpc) is 2.63. The van der Waals surface area contributed by atoms with Gasteiger partial charge in [0.1, 0.15) is 0 Å². The molecule has 0 unspecified atom stereocenters. The van der Waals surface area contributed by atoms with Gasteiger partial charge in [-0.15, -0.1) is 0 Å². The summed E-state index contributed by atoms with van der Waals surface area (Å²) in [6.07, 6.45) is -10.5. The molecule has 0 amide bonds. The molecule has 14 heteroatoms. The van der Waals surface area contributed by atoms with Crippen molar-refractivity contribution < 1.29 is 51.8 Å². The number of benzene rings is 2. The number of alkyl halides is 9. The quantitative estimate of drug-likeness (QED) is 0.304. The summed E-state index contributed by atoms with van der Waals surface area (Å²) in [4.78, 5) is 0. The van der Waals surface area contributed by atoms with Crippen molar-refractivity contribution in [3.05, 3.63) is 59.7 Å². The van der Waals surface area contributed by atoms with E-state index in [1.165, 1.54) is 0 Å². The minimum absolute atomic E-state index is 0.447. The van der Waals surface area contributed by atoms with Crippen molar-refractivity contribution >= 4 is 28.8 Å². The van der Waals surface area contributed by atoms with Gasteiger partial charge in [-0.2, -0.15) is 47.9 Å². The van der Waals surface area contributed by atoms with Crippen molar-refractivity contribution in [2.24, 2.45) is 0 Å². The molecular weight excluding hydrogens is 507 g/mol. The maximum absolute atomic E-state index is 13.9. The molecule has 0 saturated carbocycles. The zero-order chi connectivity index (χ0) is 25.7. The summed E-state index contributed by atoms with van der Waals surface area (Å²) in [5.74, 6) is 0. The van der Waals surface area contributed by atoms with E-state index in [0.29, 0.717) is 24.3 Å². The SMILES string of the molecule is CC(C)(C)[Si](OS(=O)(=O)C(F)(F)F)(c1ccccc1C(F)(F)F)c1ccccc1C(F)(F)F. The monoisotopic (exact) mass is 524 g/mol. The lowest BCUT2D eigenvalue weighted by Gasteiger charge is -2.43. The minimum atomic E-state index is -6.63. The second-order valence-electron chi connectivity index (χ2n) is 8.00. The third-order valence-corrected chi connectivity index (χ3v) is 11.7. The Morgan fingerprint density at radius 2 is 1.00 bits per heavy atom. The van der Waals surface area contributed by atoms with Gasteiger partial charge in [0, 0.05) is 0 Å². The fourth-order valence-electron chi connectivity index (χ4n) is 3.45. The molecule has 0 spiro atoms. The van der Waals surface area contributed by atoms with Gasteiger partial charge in [-0.3, -0.25) is 3.87 Å². The van der Waals surface area contributed by atoms with Crippen molar-refractivity contribution in [1.82, 2.24) is 0 Å². The summed E-state index contributed by atoms with van der Waals surface area (Å²) in [5.41, 5.74) is -9.29. The van der Waals surface area contributed by atoms with Gasteiger partial charge >= 0.3 is 28.0 Å². The van der Waals surface area contributed by atoms with Crippen LogP contribution in [0.5, 0.6) is 0 Å². The standard InChI is InChI=1S/C19H17F9O3SSi/c1-16(2,3)33(31-32(29,30)19(26,27)28,14-10-6-4-8-12(14)17(20,21)22)15-11-7-5-9-13(15)18(23,24)25/h4-11H,1-3H3. The summed E-state index contributed by atoms with van der Waals surface area (Å²) in [6, 6.07) is 5.86. The van der Waals surface area contributed by atoms with Crippen molar-refractivity contribution in [3.8, 4) is 0 Å². The first kappa shape index (κ1) is 27.2. The highest BCUT2D eigenvalue weighted by Crippen LogP contribution is 2.44. The van der Waals surface area contributed by atoms with Gasteiger partial charge in [0.2, 0.25) is 0 Å². The Labute approximate surface area is 184 Å². The van der Waals surface area contributed by atoms with E-state index in [1.54, 1.807) is 0 Å². The van der Waals surface area contributed by atoms with Crippen LogP contribution in [0.4, 0.5) is 39.5 Å². The van der Waals surface area contributed by atoms with E-state index in [-0.39, 0.29) is 0 Å². The summed E-state index contributed by atoms with van der Waals surface area (Å²) >= 11 is 0. The highest BCUT2D eigenvalue weighted by atomic mass is 32.2. The number of rotatable bonds is 4. The fourth-order valence-corrected chi connectivity index (χ4v) is 10.6. The molecule has 0 aliphatic rings. The van der Waals surface area contributed by atoms with Crippen LogP contribution in [-0.4, -0.2) is 22.2 Å². The number of hydrogen-bond donors (Lipinski definition) is 0. The molecule has 0 saturated heterocycles. The molecular formula is C19H17F9O3SSi. The van der Waals surface area contributed by atoms with Gasteiger partial charge in [-0.25, -0.2) is 0 Å². The molecule has 33 heavy (non-hydrogen) atoms. The minimum Gasteiger partial charge on any atom is -0.296 e. The van der Waals surface area contributed by atoms with Crippen LogP contribution in [0.25, 0.3) is 0 Å². The Balaban J connectivity index is 3.20.